The highest BCUT2D eigenvalue weighted by atomic mass is 16.5. The first-order valence-corrected chi connectivity index (χ1v) is 9.42. The van der Waals surface area contributed by atoms with Gasteiger partial charge in [-0.2, -0.15) is 0 Å². The number of ether oxygens (including phenoxy) is 2. The van der Waals surface area contributed by atoms with Crippen LogP contribution in [0.3, 0.4) is 0 Å². The number of methoxy groups -OCH3 is 2. The molecule has 0 aliphatic heterocycles. The van der Waals surface area contributed by atoms with E-state index in [9.17, 15) is 30.0 Å². The maximum atomic E-state index is 12.4. The normalized spacial score (nSPS) is 10.9. The zero-order chi connectivity index (χ0) is 23.2. The fourth-order valence-electron chi connectivity index (χ4n) is 3.87. The van der Waals surface area contributed by atoms with Crippen molar-refractivity contribution in [3.05, 3.63) is 59.7 Å². The molecule has 0 fully saturated rings. The molecular formula is C24H18O8. The highest BCUT2D eigenvalue weighted by Gasteiger charge is 2.28. The number of benzene rings is 4. The van der Waals surface area contributed by atoms with Crippen molar-refractivity contribution in [2.45, 2.75) is 0 Å². The molecule has 0 aromatic heterocycles. The van der Waals surface area contributed by atoms with Gasteiger partial charge < -0.3 is 29.9 Å². The second kappa shape index (κ2) is 7.66. The molecule has 4 aromatic carbocycles. The Labute approximate surface area is 181 Å². The molecule has 0 amide bonds. The van der Waals surface area contributed by atoms with Crippen LogP contribution in [0.15, 0.2) is 48.5 Å². The number of rotatable bonds is 3. The van der Waals surface area contributed by atoms with E-state index in [-0.39, 0.29) is 44.5 Å². The average molecular weight is 434 g/mol. The number of phenols is 4. The van der Waals surface area contributed by atoms with Gasteiger partial charge in [-0.05, 0) is 35.0 Å². The van der Waals surface area contributed by atoms with Crippen LogP contribution >= 0.6 is 0 Å². The maximum absolute atomic E-state index is 12.4. The summed E-state index contributed by atoms with van der Waals surface area (Å²) in [5.74, 6) is -3.43. The zero-order valence-corrected chi connectivity index (χ0v) is 17.0. The monoisotopic (exact) mass is 434 g/mol. The second-order valence-corrected chi connectivity index (χ2v) is 7.03. The van der Waals surface area contributed by atoms with Gasteiger partial charge >= 0.3 is 11.9 Å². The molecule has 4 rings (SSSR count). The van der Waals surface area contributed by atoms with Gasteiger partial charge in [-0.1, -0.05) is 24.3 Å². The number of esters is 2. The predicted octanol–water partition coefficient (Wildman–Crippen LogP) is 4.06. The lowest BCUT2D eigenvalue weighted by atomic mass is 9.88. The van der Waals surface area contributed by atoms with Crippen LogP contribution in [0.4, 0.5) is 0 Å². The van der Waals surface area contributed by atoms with Crippen LogP contribution in [-0.4, -0.2) is 46.6 Å². The van der Waals surface area contributed by atoms with E-state index in [0.29, 0.717) is 10.8 Å². The van der Waals surface area contributed by atoms with E-state index < -0.39 is 23.4 Å². The van der Waals surface area contributed by atoms with Gasteiger partial charge in [0, 0.05) is 21.9 Å². The number of hydrogen-bond donors (Lipinski definition) is 4. The van der Waals surface area contributed by atoms with E-state index in [1.54, 1.807) is 24.3 Å². The minimum absolute atomic E-state index is 0.0968. The number of fused-ring (bicyclic) bond motifs is 2. The van der Waals surface area contributed by atoms with Crippen molar-refractivity contribution in [2.75, 3.05) is 14.2 Å². The van der Waals surface area contributed by atoms with Crippen molar-refractivity contribution < 1.29 is 39.5 Å². The summed E-state index contributed by atoms with van der Waals surface area (Å²) in [6.45, 7) is 0. The van der Waals surface area contributed by atoms with Gasteiger partial charge in [-0.3, -0.25) is 0 Å². The molecule has 0 unspecified atom stereocenters. The van der Waals surface area contributed by atoms with Gasteiger partial charge in [0.2, 0.25) is 0 Å². The van der Waals surface area contributed by atoms with Gasteiger partial charge in [0.1, 0.15) is 34.1 Å². The standard InChI is InChI=1S/C24H18O8/c1-31-23(29)13-9-11-5-3-7-15(25)17(11)19(21(13)27)20-18-12(6-4-8-16(18)26)10-14(22(20)28)24(30)32-2/h3-10,25-28H,1-2H3. The minimum Gasteiger partial charge on any atom is -0.507 e. The summed E-state index contributed by atoms with van der Waals surface area (Å²) in [5, 5.41) is 44.3. The van der Waals surface area contributed by atoms with Crippen LogP contribution in [0.1, 0.15) is 20.7 Å². The van der Waals surface area contributed by atoms with Gasteiger partial charge in [0.05, 0.1) is 14.2 Å². The lowest BCUT2D eigenvalue weighted by molar-refractivity contribution is 0.0588. The van der Waals surface area contributed by atoms with Gasteiger partial charge in [-0.15, -0.1) is 0 Å². The van der Waals surface area contributed by atoms with E-state index in [1.807, 2.05) is 0 Å². The van der Waals surface area contributed by atoms with Crippen molar-refractivity contribution in [1.82, 2.24) is 0 Å². The molecule has 0 saturated carbocycles. The molecule has 0 bridgehead atoms. The molecular weight excluding hydrogens is 416 g/mol. The molecule has 0 atom stereocenters. The van der Waals surface area contributed by atoms with Crippen LogP contribution in [0, 0.1) is 0 Å². The van der Waals surface area contributed by atoms with Crippen molar-refractivity contribution in [3.63, 3.8) is 0 Å². The van der Waals surface area contributed by atoms with Crippen molar-refractivity contribution in [3.8, 4) is 34.1 Å². The third kappa shape index (κ3) is 3.01. The summed E-state index contributed by atoms with van der Waals surface area (Å²) in [6.07, 6.45) is 0. The molecule has 4 aromatic rings. The minimum atomic E-state index is -0.855. The maximum Gasteiger partial charge on any atom is 0.341 e. The fraction of sp³-hybridized carbons (Fsp3) is 0.0833. The first-order valence-electron chi connectivity index (χ1n) is 9.42. The van der Waals surface area contributed by atoms with E-state index in [0.717, 1.165) is 14.2 Å². The Morgan fingerprint density at radius 3 is 1.38 bits per heavy atom. The summed E-state index contributed by atoms with van der Waals surface area (Å²) >= 11 is 0. The molecule has 0 aliphatic rings. The van der Waals surface area contributed by atoms with E-state index in [4.69, 9.17) is 9.47 Å². The Morgan fingerprint density at radius 2 is 1.03 bits per heavy atom. The first kappa shape index (κ1) is 20.8. The Hall–Kier alpha value is -4.46. The molecule has 0 saturated heterocycles. The number of hydrogen-bond acceptors (Lipinski definition) is 8. The predicted molar refractivity (Wildman–Crippen MR) is 116 cm³/mol. The Balaban J connectivity index is 2.31. The molecule has 0 radical (unpaired) electrons. The lowest BCUT2D eigenvalue weighted by Crippen LogP contribution is -2.05. The fourth-order valence-corrected chi connectivity index (χ4v) is 3.87. The Morgan fingerprint density at radius 1 is 0.656 bits per heavy atom. The third-order valence-corrected chi connectivity index (χ3v) is 5.29. The van der Waals surface area contributed by atoms with Crippen LogP contribution in [-0.2, 0) is 9.47 Å². The summed E-state index contributed by atoms with van der Waals surface area (Å²) in [5.41, 5.74) is -0.773. The molecule has 8 heteroatoms. The zero-order valence-electron chi connectivity index (χ0n) is 17.0. The molecule has 4 N–H and O–H groups in total. The molecule has 162 valence electrons. The summed E-state index contributed by atoms with van der Waals surface area (Å²) < 4.78 is 9.52. The highest BCUT2D eigenvalue weighted by Crippen LogP contribution is 2.51. The second-order valence-electron chi connectivity index (χ2n) is 7.03. The first-order chi connectivity index (χ1) is 15.3. The average Bonchev–Trinajstić information content (AvgIpc) is 2.78. The third-order valence-electron chi connectivity index (χ3n) is 5.29. The Bertz CT molecular complexity index is 1310. The topological polar surface area (TPSA) is 134 Å². The van der Waals surface area contributed by atoms with E-state index >= 15 is 0 Å². The molecule has 0 heterocycles. The van der Waals surface area contributed by atoms with Crippen LogP contribution in [0.25, 0.3) is 32.7 Å². The molecule has 0 spiro atoms. The quantitative estimate of drug-likeness (QED) is 0.355. The van der Waals surface area contributed by atoms with Gasteiger partial charge in [0.15, 0.2) is 0 Å². The Kier molecular flexibility index (Phi) is 4.98. The highest BCUT2D eigenvalue weighted by molar-refractivity contribution is 6.18. The SMILES string of the molecule is COC(=O)c1cc2cccc(O)c2c(-c2c(O)c(C(=O)OC)cc3cccc(O)c23)c1O. The number of carbonyl (C=O) groups excluding carboxylic acids is 2. The number of aromatic hydroxyl groups is 4. The van der Waals surface area contributed by atoms with Gasteiger partial charge in [0.25, 0.3) is 0 Å². The molecule has 8 nitrogen and oxygen atoms in total. The van der Waals surface area contributed by atoms with Crippen LogP contribution < -0.4 is 0 Å². The van der Waals surface area contributed by atoms with E-state index in [1.165, 1.54) is 24.3 Å². The van der Waals surface area contributed by atoms with Crippen LogP contribution in [0.2, 0.25) is 0 Å². The van der Waals surface area contributed by atoms with Crippen molar-refractivity contribution >= 4 is 33.5 Å². The largest absolute Gasteiger partial charge is 0.507 e. The van der Waals surface area contributed by atoms with E-state index in [2.05, 4.69) is 0 Å². The molecule has 0 aliphatic carbocycles. The number of carbonyl (C=O) groups is 2. The van der Waals surface area contributed by atoms with Crippen molar-refractivity contribution in [2.24, 2.45) is 0 Å². The lowest BCUT2D eigenvalue weighted by Gasteiger charge is -2.19. The summed E-state index contributed by atoms with van der Waals surface area (Å²) in [6, 6.07) is 11.7. The smallest absolute Gasteiger partial charge is 0.341 e. The number of phenolic OH excluding ortho intramolecular Hbond substituents is 4. The van der Waals surface area contributed by atoms with Crippen molar-refractivity contribution in [1.29, 1.82) is 0 Å². The molecule has 32 heavy (non-hydrogen) atoms. The summed E-state index contributed by atoms with van der Waals surface area (Å²) in [7, 11) is 2.29. The summed E-state index contributed by atoms with van der Waals surface area (Å²) in [4.78, 5) is 24.7. The van der Waals surface area contributed by atoms with Crippen LogP contribution in [0.5, 0.6) is 23.0 Å². The van der Waals surface area contributed by atoms with Gasteiger partial charge in [-0.25, -0.2) is 9.59 Å².